The molecule has 3 heterocycles. The molecule has 8 nitrogen and oxygen atoms in total. The van der Waals surface area contributed by atoms with Crippen LogP contribution in [0.1, 0.15) is 29.9 Å². The molecule has 0 N–H and O–H groups in total. The fourth-order valence-electron chi connectivity index (χ4n) is 4.24. The third-order valence-electron chi connectivity index (χ3n) is 5.98. The first-order valence-electron chi connectivity index (χ1n) is 10.6. The number of ether oxygens (including phenoxy) is 2. The van der Waals surface area contributed by atoms with Gasteiger partial charge in [0.05, 0.1) is 12.6 Å². The van der Waals surface area contributed by atoms with E-state index < -0.39 is 0 Å². The molecule has 162 valence electrons. The first kappa shape index (κ1) is 20.2. The van der Waals surface area contributed by atoms with E-state index >= 15 is 0 Å². The summed E-state index contributed by atoms with van der Waals surface area (Å²) >= 11 is 6.16. The van der Waals surface area contributed by atoms with Crippen LogP contribution in [0.2, 0.25) is 5.02 Å². The van der Waals surface area contributed by atoms with Crippen molar-refractivity contribution in [1.29, 1.82) is 0 Å². The number of hydrogen-bond acceptors (Lipinski definition) is 7. The van der Waals surface area contributed by atoms with Gasteiger partial charge in [-0.1, -0.05) is 36.7 Å². The maximum absolute atomic E-state index is 6.16. The number of rotatable bonds is 6. The molecule has 2 aromatic carbocycles. The van der Waals surface area contributed by atoms with Gasteiger partial charge < -0.3 is 14.4 Å². The van der Waals surface area contributed by atoms with Crippen LogP contribution in [0.15, 0.2) is 42.5 Å². The molecule has 0 unspecified atom stereocenters. The van der Waals surface area contributed by atoms with Gasteiger partial charge in [0.1, 0.15) is 0 Å². The Morgan fingerprint density at radius 1 is 1.00 bits per heavy atom. The number of benzene rings is 2. The summed E-state index contributed by atoms with van der Waals surface area (Å²) in [7, 11) is 0. The normalized spacial score (nSPS) is 17.7. The molecule has 1 aromatic heterocycles. The third kappa shape index (κ3) is 4.23. The van der Waals surface area contributed by atoms with E-state index in [0.717, 1.165) is 66.2 Å². The number of hydrogen-bond donors (Lipinski definition) is 0. The molecule has 0 spiro atoms. The fraction of sp³-hybridized carbons (Fsp3) is 0.409. The lowest BCUT2D eigenvalue weighted by Crippen LogP contribution is -2.48. The Morgan fingerprint density at radius 3 is 2.55 bits per heavy atom. The molecule has 5 rings (SSSR count). The van der Waals surface area contributed by atoms with E-state index in [-0.39, 0.29) is 12.8 Å². The van der Waals surface area contributed by atoms with Crippen molar-refractivity contribution in [3.63, 3.8) is 0 Å². The van der Waals surface area contributed by atoms with Crippen molar-refractivity contribution in [2.45, 2.75) is 19.5 Å². The van der Waals surface area contributed by atoms with E-state index in [1.807, 2.05) is 35.0 Å². The van der Waals surface area contributed by atoms with Gasteiger partial charge in [-0.05, 0) is 52.4 Å². The van der Waals surface area contributed by atoms with Crippen LogP contribution in [-0.4, -0.2) is 69.5 Å². The number of piperazine rings is 1. The Balaban J connectivity index is 1.46. The molecule has 0 amide bonds. The topological polar surface area (TPSA) is 68.5 Å². The molecule has 0 radical (unpaired) electrons. The van der Waals surface area contributed by atoms with E-state index in [1.54, 1.807) is 0 Å². The van der Waals surface area contributed by atoms with Gasteiger partial charge in [-0.15, -0.1) is 5.10 Å². The summed E-state index contributed by atoms with van der Waals surface area (Å²) in [4.78, 5) is 4.92. The average molecular weight is 441 g/mol. The van der Waals surface area contributed by atoms with Crippen LogP contribution in [-0.2, 0) is 6.54 Å². The lowest BCUT2D eigenvalue weighted by Gasteiger charge is -2.38. The Hall–Kier alpha value is -2.68. The van der Waals surface area contributed by atoms with Crippen LogP contribution in [0.3, 0.4) is 0 Å². The quantitative estimate of drug-likeness (QED) is 0.583. The molecule has 31 heavy (non-hydrogen) atoms. The van der Waals surface area contributed by atoms with Gasteiger partial charge in [-0.3, -0.25) is 4.90 Å². The van der Waals surface area contributed by atoms with Crippen LogP contribution in [0.4, 0.5) is 0 Å². The largest absolute Gasteiger partial charge is 0.454 e. The molecular formula is C22H25ClN6O2. The first-order chi connectivity index (χ1) is 15.2. The number of nitrogens with zero attached hydrogens (tertiary/aromatic N) is 6. The maximum Gasteiger partial charge on any atom is 0.231 e. The zero-order valence-electron chi connectivity index (χ0n) is 17.4. The molecule has 2 aliphatic rings. The second kappa shape index (κ2) is 8.82. The van der Waals surface area contributed by atoms with E-state index in [4.69, 9.17) is 21.1 Å². The Morgan fingerprint density at radius 2 is 1.77 bits per heavy atom. The summed E-state index contributed by atoms with van der Waals surface area (Å²) in [6, 6.07) is 13.9. The minimum absolute atomic E-state index is 0.0414. The van der Waals surface area contributed by atoms with Crippen LogP contribution < -0.4 is 9.47 Å². The van der Waals surface area contributed by atoms with Crippen molar-refractivity contribution in [3.05, 3.63) is 64.4 Å². The van der Waals surface area contributed by atoms with Crippen molar-refractivity contribution in [3.8, 4) is 11.5 Å². The average Bonchev–Trinajstić information content (AvgIpc) is 3.45. The number of fused-ring (bicyclic) bond motifs is 1. The first-order valence-corrected chi connectivity index (χ1v) is 11.0. The van der Waals surface area contributed by atoms with Crippen molar-refractivity contribution < 1.29 is 9.47 Å². The third-order valence-corrected chi connectivity index (χ3v) is 6.23. The van der Waals surface area contributed by atoms with Gasteiger partial charge in [0, 0.05) is 31.2 Å². The van der Waals surface area contributed by atoms with Gasteiger partial charge >= 0.3 is 0 Å². The van der Waals surface area contributed by atoms with E-state index in [2.05, 4.69) is 44.4 Å². The molecule has 0 aliphatic carbocycles. The molecule has 3 aromatic rings. The highest BCUT2D eigenvalue weighted by molar-refractivity contribution is 6.30. The van der Waals surface area contributed by atoms with Crippen molar-refractivity contribution in [2.24, 2.45) is 0 Å². The second-order valence-corrected chi connectivity index (χ2v) is 8.24. The van der Waals surface area contributed by atoms with E-state index in [9.17, 15) is 0 Å². The smallest absolute Gasteiger partial charge is 0.231 e. The highest BCUT2D eigenvalue weighted by atomic mass is 35.5. The van der Waals surface area contributed by atoms with Crippen LogP contribution in [0.5, 0.6) is 11.5 Å². The number of aromatic nitrogens is 4. The van der Waals surface area contributed by atoms with E-state index in [0.29, 0.717) is 6.54 Å². The molecule has 1 saturated heterocycles. The summed E-state index contributed by atoms with van der Waals surface area (Å²) in [6.45, 7) is 8.07. The zero-order valence-corrected chi connectivity index (χ0v) is 18.2. The fourth-order valence-corrected chi connectivity index (χ4v) is 4.36. The molecule has 0 saturated carbocycles. The molecule has 1 fully saturated rings. The van der Waals surface area contributed by atoms with Gasteiger partial charge in [0.15, 0.2) is 17.3 Å². The molecule has 1 atom stereocenters. The summed E-state index contributed by atoms with van der Waals surface area (Å²) in [5, 5.41) is 13.5. The Labute approximate surface area is 186 Å². The predicted molar refractivity (Wildman–Crippen MR) is 116 cm³/mol. The second-order valence-electron chi connectivity index (χ2n) is 7.81. The van der Waals surface area contributed by atoms with Gasteiger partial charge in [-0.25, -0.2) is 4.68 Å². The number of likely N-dealkylation sites (N-methyl/N-ethyl adjacent to an activating group) is 1. The monoisotopic (exact) mass is 440 g/mol. The zero-order chi connectivity index (χ0) is 21.2. The molecular weight excluding hydrogens is 416 g/mol. The van der Waals surface area contributed by atoms with Gasteiger partial charge in [0.25, 0.3) is 0 Å². The van der Waals surface area contributed by atoms with Crippen LogP contribution in [0, 0.1) is 0 Å². The molecule has 9 heteroatoms. The number of tetrazole rings is 1. The minimum atomic E-state index is -0.0414. The van der Waals surface area contributed by atoms with Crippen LogP contribution >= 0.6 is 11.6 Å². The Kier molecular flexibility index (Phi) is 5.76. The number of halogens is 1. The summed E-state index contributed by atoms with van der Waals surface area (Å²) in [5.41, 5.74) is 2.19. The summed E-state index contributed by atoms with van der Waals surface area (Å²) in [6.07, 6.45) is 0. The summed E-state index contributed by atoms with van der Waals surface area (Å²) in [5.74, 6) is 2.36. The Bertz CT molecular complexity index is 1030. The van der Waals surface area contributed by atoms with Crippen molar-refractivity contribution in [2.75, 3.05) is 39.5 Å². The lowest BCUT2D eigenvalue weighted by atomic mass is 10.0. The van der Waals surface area contributed by atoms with Crippen LogP contribution in [0.25, 0.3) is 0 Å². The highest BCUT2D eigenvalue weighted by Crippen LogP contribution is 2.33. The molecule has 0 bridgehead atoms. The van der Waals surface area contributed by atoms with Crippen molar-refractivity contribution in [1.82, 2.24) is 30.0 Å². The maximum atomic E-state index is 6.16. The highest BCUT2D eigenvalue weighted by Gasteiger charge is 2.30. The standard InChI is InChI=1S/C22H25ClN6O2/c1-2-27-9-11-28(12-10-27)21(17-4-6-18(23)7-5-17)22-24-25-26-29(22)14-16-3-8-19-20(13-16)31-15-30-19/h3-8,13,21H,2,9-12,14-15H2,1H3/t21-/m0/s1. The van der Waals surface area contributed by atoms with Gasteiger partial charge in [-0.2, -0.15) is 0 Å². The molecule has 2 aliphatic heterocycles. The lowest BCUT2D eigenvalue weighted by molar-refractivity contribution is 0.108. The van der Waals surface area contributed by atoms with Gasteiger partial charge in [0.2, 0.25) is 6.79 Å². The summed E-state index contributed by atoms with van der Waals surface area (Å²) < 4.78 is 12.8. The van der Waals surface area contributed by atoms with E-state index in [1.165, 1.54) is 0 Å². The minimum Gasteiger partial charge on any atom is -0.454 e. The predicted octanol–water partition coefficient (Wildman–Crippen LogP) is 2.83. The SMILES string of the molecule is CCN1CCN([C@@H](c2ccc(Cl)cc2)c2nnnn2Cc2ccc3c(c2)OCO3)CC1. The van der Waals surface area contributed by atoms with Crippen molar-refractivity contribution >= 4 is 11.6 Å².